The first kappa shape index (κ1) is 12.8. The number of rotatable bonds is 4. The van der Waals surface area contributed by atoms with Crippen molar-refractivity contribution >= 4 is 5.97 Å². The third kappa shape index (κ3) is 2.09. The number of esters is 1. The molecule has 110 valence electrons. The van der Waals surface area contributed by atoms with E-state index in [0.29, 0.717) is 0 Å². The van der Waals surface area contributed by atoms with Gasteiger partial charge in [-0.05, 0) is 51.4 Å². The lowest BCUT2D eigenvalue weighted by Gasteiger charge is -2.30. The molecule has 4 atom stereocenters. The molecule has 4 rings (SSSR count). The van der Waals surface area contributed by atoms with Gasteiger partial charge < -0.3 is 14.2 Å². The van der Waals surface area contributed by atoms with Gasteiger partial charge in [-0.1, -0.05) is 12.2 Å². The van der Waals surface area contributed by atoms with E-state index >= 15 is 0 Å². The van der Waals surface area contributed by atoms with Crippen LogP contribution in [0.1, 0.15) is 45.4 Å². The van der Waals surface area contributed by atoms with Crippen LogP contribution in [0.5, 0.6) is 0 Å². The van der Waals surface area contributed by atoms with Crippen LogP contribution in [0.15, 0.2) is 12.2 Å². The van der Waals surface area contributed by atoms with Crippen LogP contribution in [0.2, 0.25) is 0 Å². The fourth-order valence-corrected chi connectivity index (χ4v) is 4.43. The Kier molecular flexibility index (Phi) is 2.93. The highest BCUT2D eigenvalue weighted by atomic mass is 16.7. The van der Waals surface area contributed by atoms with Crippen LogP contribution >= 0.6 is 0 Å². The van der Waals surface area contributed by atoms with Gasteiger partial charge in [-0.15, -0.1) is 0 Å². The summed E-state index contributed by atoms with van der Waals surface area (Å²) in [5.74, 6) is 0.522. The first-order valence-electron chi connectivity index (χ1n) is 7.86. The first-order chi connectivity index (χ1) is 9.63. The predicted molar refractivity (Wildman–Crippen MR) is 71.9 cm³/mol. The molecule has 3 fully saturated rings. The molecule has 2 aliphatic carbocycles. The van der Waals surface area contributed by atoms with Crippen LogP contribution in [0, 0.1) is 11.8 Å². The van der Waals surface area contributed by atoms with Gasteiger partial charge in [0.05, 0.1) is 23.7 Å². The van der Waals surface area contributed by atoms with E-state index < -0.39 is 6.29 Å². The minimum atomic E-state index is -0.442. The monoisotopic (exact) mass is 278 g/mol. The van der Waals surface area contributed by atoms with E-state index in [1.54, 1.807) is 0 Å². The van der Waals surface area contributed by atoms with Gasteiger partial charge in [0, 0.05) is 0 Å². The van der Waals surface area contributed by atoms with Crippen LogP contribution in [0.25, 0.3) is 0 Å². The number of ether oxygens (including phenoxy) is 3. The Labute approximate surface area is 119 Å². The zero-order valence-electron chi connectivity index (χ0n) is 11.9. The third-order valence-corrected chi connectivity index (χ3v) is 5.41. The van der Waals surface area contributed by atoms with Crippen molar-refractivity contribution in [2.24, 2.45) is 11.8 Å². The van der Waals surface area contributed by atoms with Gasteiger partial charge in [-0.25, -0.2) is 0 Å². The lowest BCUT2D eigenvalue weighted by atomic mass is 9.94. The summed E-state index contributed by atoms with van der Waals surface area (Å²) < 4.78 is 17.2. The average molecular weight is 278 g/mol. The smallest absolute Gasteiger partial charge is 0.314 e. The Hall–Kier alpha value is -0.870. The van der Waals surface area contributed by atoms with Gasteiger partial charge in [0.1, 0.15) is 0 Å². The number of hydrogen-bond donors (Lipinski definition) is 0. The molecule has 0 spiro atoms. The highest BCUT2D eigenvalue weighted by Gasteiger charge is 2.48. The number of fused-ring (bicyclic) bond motifs is 4. The predicted octanol–water partition coefficient (Wildman–Crippen LogP) is 2.57. The van der Waals surface area contributed by atoms with Gasteiger partial charge in [-0.3, -0.25) is 4.79 Å². The molecule has 4 heteroatoms. The molecule has 2 heterocycles. The minimum absolute atomic E-state index is 0.00452. The summed E-state index contributed by atoms with van der Waals surface area (Å²) >= 11 is 0. The molecule has 2 aliphatic heterocycles. The summed E-state index contributed by atoms with van der Waals surface area (Å²) in [4.78, 5) is 12.2. The van der Waals surface area contributed by atoms with Crippen LogP contribution < -0.4 is 0 Å². The SMILES string of the molecule is CC(OC(=O)C1CC2C=CC1O2)OC12CCC(CC1)C2. The summed E-state index contributed by atoms with van der Waals surface area (Å²) in [5, 5.41) is 0. The lowest BCUT2D eigenvalue weighted by molar-refractivity contribution is -0.209. The molecular formula is C16H22O4. The molecule has 0 aromatic rings. The van der Waals surface area contributed by atoms with E-state index in [2.05, 4.69) is 0 Å². The molecule has 4 nitrogen and oxygen atoms in total. The van der Waals surface area contributed by atoms with E-state index in [-0.39, 0.29) is 29.7 Å². The Morgan fingerprint density at radius 2 is 2.15 bits per heavy atom. The average Bonchev–Trinajstić information content (AvgIpc) is 3.17. The first-order valence-corrected chi connectivity index (χ1v) is 7.86. The Morgan fingerprint density at radius 1 is 1.35 bits per heavy atom. The van der Waals surface area contributed by atoms with Crippen molar-refractivity contribution in [2.75, 3.05) is 0 Å². The molecule has 4 bridgehead atoms. The van der Waals surface area contributed by atoms with Crippen molar-refractivity contribution in [3.63, 3.8) is 0 Å². The highest BCUT2D eigenvalue weighted by Crippen LogP contribution is 2.50. The maximum Gasteiger partial charge on any atom is 0.314 e. The van der Waals surface area contributed by atoms with Crippen molar-refractivity contribution in [2.45, 2.75) is 69.5 Å². The van der Waals surface area contributed by atoms with Crippen molar-refractivity contribution in [3.05, 3.63) is 12.2 Å². The van der Waals surface area contributed by atoms with Crippen molar-refractivity contribution in [3.8, 4) is 0 Å². The fraction of sp³-hybridized carbons (Fsp3) is 0.812. The molecule has 4 aliphatic rings. The van der Waals surface area contributed by atoms with E-state index in [1.165, 1.54) is 12.8 Å². The molecule has 2 saturated carbocycles. The zero-order chi connectivity index (χ0) is 13.7. The molecule has 0 aromatic carbocycles. The summed E-state index contributed by atoms with van der Waals surface area (Å²) in [6.07, 6.45) is 10.3. The van der Waals surface area contributed by atoms with Crippen molar-refractivity contribution in [1.29, 1.82) is 0 Å². The number of hydrogen-bond acceptors (Lipinski definition) is 4. The minimum Gasteiger partial charge on any atom is -0.436 e. The molecular weight excluding hydrogens is 256 g/mol. The fourth-order valence-electron chi connectivity index (χ4n) is 4.43. The van der Waals surface area contributed by atoms with Crippen LogP contribution in [-0.2, 0) is 19.0 Å². The van der Waals surface area contributed by atoms with Crippen LogP contribution in [0.3, 0.4) is 0 Å². The lowest BCUT2D eigenvalue weighted by Crippen LogP contribution is -2.36. The van der Waals surface area contributed by atoms with E-state index in [0.717, 1.165) is 31.6 Å². The maximum atomic E-state index is 12.2. The maximum absolute atomic E-state index is 12.2. The van der Waals surface area contributed by atoms with E-state index in [4.69, 9.17) is 14.2 Å². The third-order valence-electron chi connectivity index (χ3n) is 5.41. The molecule has 0 amide bonds. The second-order valence-electron chi connectivity index (χ2n) is 6.82. The van der Waals surface area contributed by atoms with Gasteiger partial charge >= 0.3 is 5.97 Å². The normalized spacial score (nSPS) is 46.0. The van der Waals surface area contributed by atoms with Crippen molar-refractivity contribution in [1.82, 2.24) is 0 Å². The van der Waals surface area contributed by atoms with Gasteiger partial charge in [-0.2, -0.15) is 0 Å². The topological polar surface area (TPSA) is 44.8 Å². The second-order valence-corrected chi connectivity index (χ2v) is 6.82. The largest absolute Gasteiger partial charge is 0.436 e. The highest BCUT2D eigenvalue weighted by molar-refractivity contribution is 5.74. The van der Waals surface area contributed by atoms with E-state index in [9.17, 15) is 4.79 Å². The quantitative estimate of drug-likeness (QED) is 0.450. The molecule has 20 heavy (non-hydrogen) atoms. The van der Waals surface area contributed by atoms with Gasteiger partial charge in [0.15, 0.2) is 0 Å². The number of carbonyl (C=O) groups excluding carboxylic acids is 1. The standard InChI is InChI=1S/C16H22O4/c1-10(20-16-6-4-11(9-16)5-7-16)18-15(17)13-8-12-2-3-14(13)19-12/h2-3,10-14H,4-9H2,1H3. The molecule has 0 radical (unpaired) electrons. The Balaban J connectivity index is 1.32. The molecule has 4 unspecified atom stereocenters. The Bertz CT molecular complexity index is 436. The van der Waals surface area contributed by atoms with E-state index in [1.807, 2.05) is 19.1 Å². The van der Waals surface area contributed by atoms with Gasteiger partial charge in [0.2, 0.25) is 6.29 Å². The zero-order valence-corrected chi connectivity index (χ0v) is 11.9. The van der Waals surface area contributed by atoms with Crippen LogP contribution in [0.4, 0.5) is 0 Å². The van der Waals surface area contributed by atoms with Crippen molar-refractivity contribution < 1.29 is 19.0 Å². The number of carbonyl (C=O) groups is 1. The van der Waals surface area contributed by atoms with Gasteiger partial charge in [0.25, 0.3) is 0 Å². The van der Waals surface area contributed by atoms with Crippen LogP contribution in [-0.4, -0.2) is 30.1 Å². The summed E-state index contributed by atoms with van der Waals surface area (Å²) in [5.41, 5.74) is -0.00452. The summed E-state index contributed by atoms with van der Waals surface area (Å²) in [7, 11) is 0. The Morgan fingerprint density at radius 3 is 2.70 bits per heavy atom. The summed E-state index contributed by atoms with van der Waals surface area (Å²) in [6, 6.07) is 0. The summed E-state index contributed by atoms with van der Waals surface area (Å²) in [6.45, 7) is 1.85. The second kappa shape index (κ2) is 4.57. The molecule has 0 aromatic heterocycles. The molecule has 0 N–H and O–H groups in total. The molecule has 1 saturated heterocycles.